The molecule has 1 aromatic carbocycles. The van der Waals surface area contributed by atoms with Crippen molar-refractivity contribution in [3.05, 3.63) is 48.2 Å². The molecule has 116 valence electrons. The van der Waals surface area contributed by atoms with Crippen molar-refractivity contribution < 1.29 is 9.18 Å². The van der Waals surface area contributed by atoms with Gasteiger partial charge < -0.3 is 15.5 Å². The van der Waals surface area contributed by atoms with E-state index in [2.05, 4.69) is 20.6 Å². The van der Waals surface area contributed by atoms with Gasteiger partial charge in [0.2, 0.25) is 0 Å². The minimum atomic E-state index is -0.380. The molecular formula is C15H18FN5O. The van der Waals surface area contributed by atoms with Crippen molar-refractivity contribution >= 4 is 17.4 Å². The Hall–Kier alpha value is -2.54. The lowest BCUT2D eigenvalue weighted by Crippen LogP contribution is -2.31. The number of hydrogen-bond acceptors (Lipinski definition) is 5. The third-order valence-corrected chi connectivity index (χ3v) is 2.87. The van der Waals surface area contributed by atoms with E-state index in [0.29, 0.717) is 18.1 Å². The SMILES string of the molecule is CN(C)CCNC(=O)c1cnc(Nc2ccccc2F)cn1. The van der Waals surface area contributed by atoms with E-state index in [1.807, 2.05) is 19.0 Å². The van der Waals surface area contributed by atoms with Crippen molar-refractivity contribution in [1.29, 1.82) is 0 Å². The molecule has 0 aliphatic rings. The van der Waals surface area contributed by atoms with Crippen molar-refractivity contribution in [3.8, 4) is 0 Å². The van der Waals surface area contributed by atoms with E-state index < -0.39 is 0 Å². The monoisotopic (exact) mass is 303 g/mol. The third-order valence-electron chi connectivity index (χ3n) is 2.87. The lowest BCUT2D eigenvalue weighted by molar-refractivity contribution is 0.0945. The minimum Gasteiger partial charge on any atom is -0.349 e. The van der Waals surface area contributed by atoms with Gasteiger partial charge in [-0.2, -0.15) is 0 Å². The van der Waals surface area contributed by atoms with Crippen LogP contribution >= 0.6 is 0 Å². The van der Waals surface area contributed by atoms with E-state index in [-0.39, 0.29) is 17.4 Å². The molecule has 2 N–H and O–H groups in total. The smallest absolute Gasteiger partial charge is 0.271 e. The van der Waals surface area contributed by atoms with E-state index >= 15 is 0 Å². The summed E-state index contributed by atoms with van der Waals surface area (Å²) in [4.78, 5) is 21.9. The Morgan fingerprint density at radius 2 is 2.00 bits per heavy atom. The summed E-state index contributed by atoms with van der Waals surface area (Å²) < 4.78 is 13.5. The molecule has 1 heterocycles. The van der Waals surface area contributed by atoms with Crippen LogP contribution in [0, 0.1) is 5.82 Å². The summed E-state index contributed by atoms with van der Waals surface area (Å²) in [5.41, 5.74) is 0.526. The van der Waals surface area contributed by atoms with Crippen LogP contribution in [-0.4, -0.2) is 48.0 Å². The molecule has 0 atom stereocenters. The number of rotatable bonds is 6. The number of benzene rings is 1. The van der Waals surface area contributed by atoms with E-state index in [9.17, 15) is 9.18 Å². The molecular weight excluding hydrogens is 285 g/mol. The van der Waals surface area contributed by atoms with Gasteiger partial charge in [0.1, 0.15) is 17.3 Å². The number of carbonyl (C=O) groups is 1. The Bertz CT molecular complexity index is 630. The zero-order valence-corrected chi connectivity index (χ0v) is 12.5. The molecule has 0 saturated heterocycles. The number of halogens is 1. The van der Waals surface area contributed by atoms with Gasteiger partial charge in [-0.15, -0.1) is 0 Å². The number of anilines is 2. The zero-order chi connectivity index (χ0) is 15.9. The molecule has 7 heteroatoms. The number of hydrogen-bond donors (Lipinski definition) is 2. The van der Waals surface area contributed by atoms with E-state index in [1.165, 1.54) is 18.5 Å². The molecule has 0 saturated carbocycles. The van der Waals surface area contributed by atoms with Gasteiger partial charge in [0.05, 0.1) is 18.1 Å². The van der Waals surface area contributed by atoms with E-state index in [0.717, 1.165) is 6.54 Å². The molecule has 22 heavy (non-hydrogen) atoms. The van der Waals surface area contributed by atoms with Crippen molar-refractivity contribution in [3.63, 3.8) is 0 Å². The van der Waals surface area contributed by atoms with Gasteiger partial charge in [0.15, 0.2) is 0 Å². The normalized spacial score (nSPS) is 10.5. The Balaban J connectivity index is 1.95. The van der Waals surface area contributed by atoms with Crippen molar-refractivity contribution in [2.24, 2.45) is 0 Å². The molecule has 1 amide bonds. The molecule has 0 bridgehead atoms. The molecule has 2 aromatic rings. The summed E-state index contributed by atoms with van der Waals surface area (Å²) in [7, 11) is 3.85. The molecule has 0 aliphatic carbocycles. The topological polar surface area (TPSA) is 70.2 Å². The van der Waals surface area contributed by atoms with Gasteiger partial charge in [-0.1, -0.05) is 12.1 Å². The summed E-state index contributed by atoms with van der Waals surface area (Å²) >= 11 is 0. The quantitative estimate of drug-likeness (QED) is 0.849. The summed E-state index contributed by atoms with van der Waals surface area (Å²) in [6.07, 6.45) is 2.75. The largest absolute Gasteiger partial charge is 0.349 e. The molecule has 0 fully saturated rings. The highest BCUT2D eigenvalue weighted by molar-refractivity contribution is 5.92. The first-order chi connectivity index (χ1) is 10.6. The lowest BCUT2D eigenvalue weighted by atomic mass is 10.3. The van der Waals surface area contributed by atoms with Crippen LogP contribution in [0.2, 0.25) is 0 Å². The fourth-order valence-electron chi connectivity index (χ4n) is 1.69. The molecule has 0 spiro atoms. The molecule has 0 aliphatic heterocycles. The highest BCUT2D eigenvalue weighted by atomic mass is 19.1. The van der Waals surface area contributed by atoms with Gasteiger partial charge in [-0.05, 0) is 26.2 Å². The van der Waals surface area contributed by atoms with Crippen LogP contribution in [0.5, 0.6) is 0 Å². The lowest BCUT2D eigenvalue weighted by Gasteiger charge is -2.10. The predicted octanol–water partition coefficient (Wildman–Crippen LogP) is 1.65. The average Bonchev–Trinajstić information content (AvgIpc) is 2.50. The second-order valence-electron chi connectivity index (χ2n) is 4.95. The molecule has 6 nitrogen and oxygen atoms in total. The maximum Gasteiger partial charge on any atom is 0.271 e. The minimum absolute atomic E-state index is 0.220. The first kappa shape index (κ1) is 15.8. The van der Waals surface area contributed by atoms with Gasteiger partial charge in [0.25, 0.3) is 5.91 Å². The van der Waals surface area contributed by atoms with Crippen LogP contribution < -0.4 is 10.6 Å². The van der Waals surface area contributed by atoms with Crippen molar-refractivity contribution in [2.45, 2.75) is 0 Å². The molecule has 0 radical (unpaired) electrons. The number of nitrogens with one attached hydrogen (secondary N) is 2. The van der Waals surface area contributed by atoms with Crippen LogP contribution in [0.15, 0.2) is 36.7 Å². The van der Waals surface area contributed by atoms with Crippen LogP contribution in [0.25, 0.3) is 0 Å². The number of carbonyl (C=O) groups excluding carboxylic acids is 1. The number of likely N-dealkylation sites (N-methyl/N-ethyl adjacent to an activating group) is 1. The zero-order valence-electron chi connectivity index (χ0n) is 12.5. The second-order valence-corrected chi connectivity index (χ2v) is 4.95. The maximum absolute atomic E-state index is 13.5. The summed E-state index contributed by atoms with van der Waals surface area (Å²) in [5.74, 6) is -0.295. The second kappa shape index (κ2) is 7.46. The third kappa shape index (κ3) is 4.49. The summed E-state index contributed by atoms with van der Waals surface area (Å²) in [6, 6.07) is 6.26. The first-order valence-electron chi connectivity index (χ1n) is 6.83. The van der Waals surface area contributed by atoms with Gasteiger partial charge in [-0.25, -0.2) is 14.4 Å². The van der Waals surface area contributed by atoms with Crippen molar-refractivity contribution in [2.75, 3.05) is 32.5 Å². The predicted molar refractivity (Wildman–Crippen MR) is 82.6 cm³/mol. The highest BCUT2D eigenvalue weighted by Crippen LogP contribution is 2.17. The maximum atomic E-state index is 13.5. The van der Waals surface area contributed by atoms with E-state index in [1.54, 1.807) is 18.2 Å². The van der Waals surface area contributed by atoms with Gasteiger partial charge >= 0.3 is 0 Å². The van der Waals surface area contributed by atoms with Crippen LogP contribution in [-0.2, 0) is 0 Å². The molecule has 0 unspecified atom stereocenters. The van der Waals surface area contributed by atoms with Crippen LogP contribution in [0.1, 0.15) is 10.5 Å². The Morgan fingerprint density at radius 3 is 2.64 bits per heavy atom. The molecule has 2 rings (SSSR count). The first-order valence-corrected chi connectivity index (χ1v) is 6.83. The standard InChI is InChI=1S/C15H18FN5O/c1-21(2)8-7-17-15(22)13-9-19-14(10-18-13)20-12-6-4-3-5-11(12)16/h3-6,9-10H,7-8H2,1-2H3,(H,17,22)(H,19,20). The van der Waals surface area contributed by atoms with Crippen LogP contribution in [0.4, 0.5) is 15.9 Å². The number of aromatic nitrogens is 2. The fraction of sp³-hybridized carbons (Fsp3) is 0.267. The average molecular weight is 303 g/mol. The Morgan fingerprint density at radius 1 is 1.23 bits per heavy atom. The highest BCUT2D eigenvalue weighted by Gasteiger charge is 2.08. The Labute approximate surface area is 128 Å². The molecule has 1 aromatic heterocycles. The fourth-order valence-corrected chi connectivity index (χ4v) is 1.69. The van der Waals surface area contributed by atoms with Crippen LogP contribution in [0.3, 0.4) is 0 Å². The number of para-hydroxylation sites is 1. The van der Waals surface area contributed by atoms with E-state index in [4.69, 9.17) is 0 Å². The van der Waals surface area contributed by atoms with Gasteiger partial charge in [-0.3, -0.25) is 4.79 Å². The van der Waals surface area contributed by atoms with Gasteiger partial charge in [0, 0.05) is 13.1 Å². The number of amides is 1. The van der Waals surface area contributed by atoms with Crippen molar-refractivity contribution in [1.82, 2.24) is 20.2 Å². The summed E-state index contributed by atoms with van der Waals surface area (Å²) in [6.45, 7) is 1.27. The number of nitrogens with zero attached hydrogens (tertiary/aromatic N) is 3. The Kier molecular flexibility index (Phi) is 5.37. The summed E-state index contributed by atoms with van der Waals surface area (Å²) in [5, 5.41) is 5.55.